The summed E-state index contributed by atoms with van der Waals surface area (Å²) in [6.07, 6.45) is 1.70. The third-order valence-electron chi connectivity index (χ3n) is 4.23. The van der Waals surface area contributed by atoms with Crippen molar-refractivity contribution >= 4 is 5.97 Å². The number of carbonyl (C=O) groups is 1. The molecule has 0 unspecified atom stereocenters. The predicted molar refractivity (Wildman–Crippen MR) is 87.6 cm³/mol. The van der Waals surface area contributed by atoms with Crippen molar-refractivity contribution in [2.45, 2.75) is 52.0 Å². The van der Waals surface area contributed by atoms with E-state index in [-0.39, 0.29) is 11.5 Å². The van der Waals surface area contributed by atoms with E-state index < -0.39 is 5.97 Å². The van der Waals surface area contributed by atoms with Crippen LogP contribution in [-0.4, -0.2) is 41.7 Å². The van der Waals surface area contributed by atoms with Gasteiger partial charge in [-0.25, -0.2) is 0 Å². The number of nitrogens with zero attached hydrogens (tertiary/aromatic N) is 1. The number of hydrogen-bond acceptors (Lipinski definition) is 3. The third kappa shape index (κ3) is 4.01. The van der Waals surface area contributed by atoms with Crippen molar-refractivity contribution in [3.8, 4) is 5.75 Å². The van der Waals surface area contributed by atoms with E-state index in [1.165, 1.54) is 11.1 Å². The Morgan fingerprint density at radius 2 is 2.14 bits per heavy atom. The lowest BCUT2D eigenvalue weighted by Crippen LogP contribution is -2.38. The molecule has 1 heterocycles. The Labute approximate surface area is 133 Å². The maximum atomic E-state index is 11.2. The van der Waals surface area contributed by atoms with Crippen LogP contribution in [0.4, 0.5) is 0 Å². The monoisotopic (exact) mass is 305 g/mol. The van der Waals surface area contributed by atoms with Gasteiger partial charge in [0, 0.05) is 6.54 Å². The van der Waals surface area contributed by atoms with Crippen LogP contribution in [0.2, 0.25) is 0 Å². The smallest absolute Gasteiger partial charge is 0.320 e. The van der Waals surface area contributed by atoms with Gasteiger partial charge in [-0.2, -0.15) is 0 Å². The molecule has 22 heavy (non-hydrogen) atoms. The van der Waals surface area contributed by atoms with Crippen LogP contribution >= 0.6 is 0 Å². The molecule has 4 heteroatoms. The molecule has 0 bridgehead atoms. The molecule has 2 rings (SSSR count). The first-order valence-corrected chi connectivity index (χ1v) is 8.00. The molecule has 1 fully saturated rings. The Kier molecular flexibility index (Phi) is 5.12. The van der Waals surface area contributed by atoms with Crippen molar-refractivity contribution in [1.29, 1.82) is 0 Å². The van der Waals surface area contributed by atoms with Crippen LogP contribution in [0, 0.1) is 6.92 Å². The number of ether oxygens (including phenoxy) is 1. The van der Waals surface area contributed by atoms with E-state index >= 15 is 0 Å². The second kappa shape index (κ2) is 6.69. The Bertz CT molecular complexity index is 534. The standard InChI is InChI=1S/C18H27NO3/c1-13-7-8-14(18(2,3)4)16(12-13)22-11-10-19-9-5-6-15(19)17(20)21/h7-8,12,15H,5-6,9-11H2,1-4H3,(H,20,21)/t15-/m0/s1. The third-order valence-corrected chi connectivity index (χ3v) is 4.23. The van der Waals surface area contributed by atoms with Gasteiger partial charge in [-0.15, -0.1) is 0 Å². The lowest BCUT2D eigenvalue weighted by molar-refractivity contribution is -0.142. The molecule has 0 spiro atoms. The summed E-state index contributed by atoms with van der Waals surface area (Å²) in [4.78, 5) is 13.2. The number of aryl methyl sites for hydroxylation is 1. The van der Waals surface area contributed by atoms with Crippen LogP contribution in [0.25, 0.3) is 0 Å². The fourth-order valence-corrected chi connectivity index (χ4v) is 3.01. The minimum absolute atomic E-state index is 0.0281. The van der Waals surface area contributed by atoms with Gasteiger partial charge in [-0.3, -0.25) is 9.69 Å². The minimum atomic E-state index is -0.719. The zero-order valence-corrected chi connectivity index (χ0v) is 14.1. The first kappa shape index (κ1) is 16.8. The number of likely N-dealkylation sites (tertiary alicyclic amines) is 1. The molecule has 0 amide bonds. The molecule has 1 aliphatic heterocycles. The summed E-state index contributed by atoms with van der Waals surface area (Å²) in [6, 6.07) is 5.96. The number of hydrogen-bond donors (Lipinski definition) is 1. The summed E-state index contributed by atoms with van der Waals surface area (Å²) >= 11 is 0. The predicted octanol–water partition coefficient (Wildman–Crippen LogP) is 3.22. The molecule has 1 saturated heterocycles. The summed E-state index contributed by atoms with van der Waals surface area (Å²) in [5.41, 5.74) is 2.39. The van der Waals surface area contributed by atoms with E-state index in [1.54, 1.807) is 0 Å². The molecule has 1 atom stereocenters. The normalized spacial score (nSPS) is 19.4. The maximum Gasteiger partial charge on any atom is 0.320 e. The number of rotatable bonds is 5. The molecule has 1 aromatic carbocycles. The van der Waals surface area contributed by atoms with Crippen LogP contribution in [0.15, 0.2) is 18.2 Å². The molecular formula is C18H27NO3. The Balaban J connectivity index is 2.00. The SMILES string of the molecule is Cc1ccc(C(C)(C)C)c(OCCN2CCC[C@H]2C(=O)O)c1. The quantitative estimate of drug-likeness (QED) is 0.907. The van der Waals surface area contributed by atoms with Gasteiger partial charge in [-0.05, 0) is 48.9 Å². The second-order valence-electron chi connectivity index (χ2n) is 7.13. The fraction of sp³-hybridized carbons (Fsp3) is 0.611. The van der Waals surface area contributed by atoms with Crippen LogP contribution in [0.1, 0.15) is 44.7 Å². The summed E-state index contributed by atoms with van der Waals surface area (Å²) < 4.78 is 6.00. The van der Waals surface area contributed by atoms with Crippen molar-refractivity contribution < 1.29 is 14.6 Å². The topological polar surface area (TPSA) is 49.8 Å². The van der Waals surface area contributed by atoms with Gasteiger partial charge in [0.25, 0.3) is 0 Å². The van der Waals surface area contributed by atoms with Crippen molar-refractivity contribution in [2.24, 2.45) is 0 Å². The molecule has 122 valence electrons. The molecule has 1 N–H and O–H groups in total. The number of aliphatic carboxylic acids is 1. The minimum Gasteiger partial charge on any atom is -0.492 e. The lowest BCUT2D eigenvalue weighted by Gasteiger charge is -2.25. The average molecular weight is 305 g/mol. The van der Waals surface area contributed by atoms with Gasteiger partial charge in [0.05, 0.1) is 0 Å². The van der Waals surface area contributed by atoms with E-state index in [0.29, 0.717) is 13.2 Å². The number of benzene rings is 1. The van der Waals surface area contributed by atoms with E-state index in [9.17, 15) is 9.90 Å². The van der Waals surface area contributed by atoms with E-state index in [2.05, 4.69) is 45.9 Å². The molecule has 4 nitrogen and oxygen atoms in total. The number of carboxylic acid groups (broad SMARTS) is 1. The van der Waals surface area contributed by atoms with Gasteiger partial charge < -0.3 is 9.84 Å². The lowest BCUT2D eigenvalue weighted by atomic mass is 9.86. The Morgan fingerprint density at radius 1 is 1.41 bits per heavy atom. The number of carboxylic acids is 1. The van der Waals surface area contributed by atoms with E-state index in [0.717, 1.165) is 25.1 Å². The van der Waals surface area contributed by atoms with Gasteiger partial charge in [-0.1, -0.05) is 32.9 Å². The highest BCUT2D eigenvalue weighted by atomic mass is 16.5. The van der Waals surface area contributed by atoms with Gasteiger partial charge in [0.2, 0.25) is 0 Å². The summed E-state index contributed by atoms with van der Waals surface area (Å²) in [5.74, 6) is 0.196. The van der Waals surface area contributed by atoms with E-state index in [1.807, 2.05) is 4.90 Å². The largest absolute Gasteiger partial charge is 0.492 e. The van der Waals surface area contributed by atoms with Crippen molar-refractivity contribution in [3.63, 3.8) is 0 Å². The van der Waals surface area contributed by atoms with Crippen molar-refractivity contribution in [1.82, 2.24) is 4.90 Å². The summed E-state index contributed by atoms with van der Waals surface area (Å²) in [7, 11) is 0. The van der Waals surface area contributed by atoms with Crippen LogP contribution in [0.5, 0.6) is 5.75 Å². The molecule has 0 aromatic heterocycles. The first-order chi connectivity index (χ1) is 10.3. The van der Waals surface area contributed by atoms with Crippen LogP contribution < -0.4 is 4.74 Å². The fourth-order valence-electron chi connectivity index (χ4n) is 3.01. The molecule has 1 aliphatic rings. The highest BCUT2D eigenvalue weighted by Gasteiger charge is 2.30. The van der Waals surface area contributed by atoms with Gasteiger partial charge >= 0.3 is 5.97 Å². The molecule has 0 radical (unpaired) electrons. The van der Waals surface area contributed by atoms with Crippen molar-refractivity contribution in [2.75, 3.05) is 19.7 Å². The first-order valence-electron chi connectivity index (χ1n) is 8.00. The molecule has 1 aromatic rings. The van der Waals surface area contributed by atoms with Crippen LogP contribution in [-0.2, 0) is 10.2 Å². The Morgan fingerprint density at radius 3 is 2.77 bits per heavy atom. The Hall–Kier alpha value is -1.55. The van der Waals surface area contributed by atoms with Crippen LogP contribution in [0.3, 0.4) is 0 Å². The average Bonchev–Trinajstić information content (AvgIpc) is 2.86. The zero-order chi connectivity index (χ0) is 16.3. The zero-order valence-electron chi connectivity index (χ0n) is 14.1. The molecular weight excluding hydrogens is 278 g/mol. The van der Waals surface area contributed by atoms with Gasteiger partial charge in [0.1, 0.15) is 18.4 Å². The summed E-state index contributed by atoms with van der Waals surface area (Å²) in [6.45, 7) is 10.6. The molecule has 0 saturated carbocycles. The highest BCUT2D eigenvalue weighted by molar-refractivity contribution is 5.73. The maximum absolute atomic E-state index is 11.2. The van der Waals surface area contributed by atoms with Gasteiger partial charge in [0.15, 0.2) is 0 Å². The second-order valence-corrected chi connectivity index (χ2v) is 7.13. The highest BCUT2D eigenvalue weighted by Crippen LogP contribution is 2.32. The van der Waals surface area contributed by atoms with E-state index in [4.69, 9.17) is 4.74 Å². The van der Waals surface area contributed by atoms with Crippen molar-refractivity contribution in [3.05, 3.63) is 29.3 Å². The molecule has 0 aliphatic carbocycles. The summed E-state index contributed by atoms with van der Waals surface area (Å²) in [5, 5.41) is 9.20.